The molecule has 7 nitrogen and oxygen atoms in total. The van der Waals surface area contributed by atoms with Gasteiger partial charge in [0.15, 0.2) is 5.82 Å². The molecule has 0 spiro atoms. The number of ether oxygens (including phenoxy) is 1. The number of hydrogen-bond donors (Lipinski definition) is 1. The Morgan fingerprint density at radius 2 is 2.13 bits per heavy atom. The molecule has 4 rings (SSSR count). The monoisotopic (exact) mass is 416 g/mol. The van der Waals surface area contributed by atoms with Gasteiger partial charge in [-0.05, 0) is 56.9 Å². The van der Waals surface area contributed by atoms with Crippen LogP contribution >= 0.6 is 0 Å². The molecule has 31 heavy (non-hydrogen) atoms. The van der Waals surface area contributed by atoms with Crippen LogP contribution in [0.1, 0.15) is 48.2 Å². The zero-order valence-corrected chi connectivity index (χ0v) is 18.5. The van der Waals surface area contributed by atoms with Crippen LogP contribution < -0.4 is 10.2 Å². The van der Waals surface area contributed by atoms with E-state index in [1.807, 2.05) is 38.2 Å². The highest BCUT2D eigenvalue weighted by atomic mass is 16.5. The van der Waals surface area contributed by atoms with E-state index in [2.05, 4.69) is 39.5 Å². The highest BCUT2D eigenvalue weighted by Crippen LogP contribution is 2.30. The fourth-order valence-electron chi connectivity index (χ4n) is 4.32. The van der Waals surface area contributed by atoms with Crippen molar-refractivity contribution in [2.75, 3.05) is 30.4 Å². The van der Waals surface area contributed by atoms with Gasteiger partial charge in [0.25, 0.3) is 0 Å². The Labute approximate surface area is 183 Å². The van der Waals surface area contributed by atoms with Crippen LogP contribution in [-0.2, 0) is 4.74 Å². The van der Waals surface area contributed by atoms with Gasteiger partial charge < -0.3 is 15.0 Å². The van der Waals surface area contributed by atoms with Gasteiger partial charge in [0.1, 0.15) is 0 Å². The Hall–Kier alpha value is -3.24. The molecule has 1 aliphatic heterocycles. The lowest BCUT2D eigenvalue weighted by atomic mass is 9.98. The summed E-state index contributed by atoms with van der Waals surface area (Å²) in [6, 6.07) is 10.2. The van der Waals surface area contributed by atoms with Crippen molar-refractivity contribution in [3.05, 3.63) is 52.8 Å². The minimum atomic E-state index is -0.0370. The SMILES string of the molecule is CO[C@H]1CCCN(c2cnc3c(C)nnc(N[C@H](C)c4cccc(C#N)c4C)c3c2)C1. The molecule has 2 atom stereocenters. The molecule has 1 aliphatic rings. The van der Waals surface area contributed by atoms with Crippen LogP contribution in [-0.4, -0.2) is 41.5 Å². The summed E-state index contributed by atoms with van der Waals surface area (Å²) in [6.45, 7) is 7.83. The molecular weight excluding hydrogens is 388 g/mol. The maximum Gasteiger partial charge on any atom is 0.158 e. The molecule has 0 amide bonds. The fourth-order valence-corrected chi connectivity index (χ4v) is 4.32. The van der Waals surface area contributed by atoms with Crippen LogP contribution in [0.4, 0.5) is 11.5 Å². The normalized spacial score (nSPS) is 17.4. The smallest absolute Gasteiger partial charge is 0.158 e. The predicted molar refractivity (Wildman–Crippen MR) is 122 cm³/mol. The van der Waals surface area contributed by atoms with E-state index in [0.29, 0.717) is 11.4 Å². The Morgan fingerprint density at radius 3 is 2.90 bits per heavy atom. The molecule has 0 saturated carbocycles. The van der Waals surface area contributed by atoms with Gasteiger partial charge in [-0.1, -0.05) is 12.1 Å². The van der Waals surface area contributed by atoms with E-state index in [1.54, 1.807) is 7.11 Å². The number of pyridine rings is 1. The quantitative estimate of drug-likeness (QED) is 0.663. The topological polar surface area (TPSA) is 87.0 Å². The standard InChI is InChI=1S/C24H28N6O/c1-15-18(12-25)7-5-9-21(15)16(2)27-24-22-11-19(13-26-23(22)17(3)28-29-24)30-10-6-8-20(14-30)31-4/h5,7,9,11,13,16,20H,6,8,10,14H2,1-4H3,(H,27,29)/t16-,20+/m1/s1. The maximum atomic E-state index is 9.36. The first-order valence-corrected chi connectivity index (χ1v) is 10.7. The number of nitriles is 1. The van der Waals surface area contributed by atoms with Crippen molar-refractivity contribution in [2.45, 2.75) is 45.8 Å². The summed E-state index contributed by atoms with van der Waals surface area (Å²) in [5, 5.41) is 22.6. The molecular formula is C24H28N6O. The van der Waals surface area contributed by atoms with Gasteiger partial charge in [0.05, 0.1) is 46.9 Å². The number of nitrogens with one attached hydrogen (secondary N) is 1. The lowest BCUT2D eigenvalue weighted by molar-refractivity contribution is 0.0893. The summed E-state index contributed by atoms with van der Waals surface area (Å²) in [5.41, 5.74) is 5.45. The fraction of sp³-hybridized carbons (Fsp3) is 0.417. The molecule has 0 bridgehead atoms. The van der Waals surface area contributed by atoms with Gasteiger partial charge in [0, 0.05) is 25.6 Å². The first kappa shape index (κ1) is 21.0. The Balaban J connectivity index is 1.69. The number of nitrogens with zero attached hydrogens (tertiary/aromatic N) is 5. The molecule has 1 N–H and O–H groups in total. The van der Waals surface area contributed by atoms with E-state index < -0.39 is 0 Å². The van der Waals surface area contributed by atoms with E-state index in [-0.39, 0.29) is 12.1 Å². The number of aromatic nitrogens is 3. The lowest BCUT2D eigenvalue weighted by Gasteiger charge is -2.33. The molecule has 3 heterocycles. The summed E-state index contributed by atoms with van der Waals surface area (Å²) < 4.78 is 5.59. The van der Waals surface area contributed by atoms with Crippen LogP contribution in [0.2, 0.25) is 0 Å². The van der Waals surface area contributed by atoms with Crippen LogP contribution in [0.5, 0.6) is 0 Å². The number of anilines is 2. The Kier molecular flexibility index (Phi) is 6.01. The van der Waals surface area contributed by atoms with Crippen LogP contribution in [0.25, 0.3) is 10.9 Å². The van der Waals surface area contributed by atoms with Gasteiger partial charge in [-0.3, -0.25) is 4.98 Å². The van der Waals surface area contributed by atoms with Gasteiger partial charge >= 0.3 is 0 Å². The molecule has 1 fully saturated rings. The first-order valence-electron chi connectivity index (χ1n) is 10.7. The third-order valence-corrected chi connectivity index (χ3v) is 6.16. The number of hydrogen-bond acceptors (Lipinski definition) is 7. The number of benzene rings is 1. The van der Waals surface area contributed by atoms with Crippen LogP contribution in [0.15, 0.2) is 30.5 Å². The van der Waals surface area contributed by atoms with E-state index in [9.17, 15) is 5.26 Å². The first-order chi connectivity index (χ1) is 15.0. The molecule has 7 heteroatoms. The summed E-state index contributed by atoms with van der Waals surface area (Å²) >= 11 is 0. The van der Waals surface area contributed by atoms with Crippen LogP contribution in [0.3, 0.4) is 0 Å². The molecule has 0 aliphatic carbocycles. The van der Waals surface area contributed by atoms with Crippen molar-refractivity contribution in [1.82, 2.24) is 15.2 Å². The molecule has 0 unspecified atom stereocenters. The molecule has 1 aromatic carbocycles. The summed E-state index contributed by atoms with van der Waals surface area (Å²) in [7, 11) is 1.78. The van der Waals surface area contributed by atoms with E-state index >= 15 is 0 Å². The zero-order valence-electron chi connectivity index (χ0n) is 18.5. The van der Waals surface area contributed by atoms with E-state index in [1.165, 1.54) is 0 Å². The second kappa shape index (κ2) is 8.86. The predicted octanol–water partition coefficient (Wildman–Crippen LogP) is 4.30. The van der Waals surface area contributed by atoms with Gasteiger partial charge in [-0.15, -0.1) is 5.10 Å². The van der Waals surface area contributed by atoms with E-state index in [0.717, 1.165) is 59.3 Å². The average Bonchev–Trinajstić information content (AvgIpc) is 2.80. The van der Waals surface area contributed by atoms with Gasteiger partial charge in [-0.2, -0.15) is 10.4 Å². The molecule has 160 valence electrons. The average molecular weight is 417 g/mol. The van der Waals surface area contributed by atoms with Gasteiger partial charge in [0.2, 0.25) is 0 Å². The van der Waals surface area contributed by atoms with Crippen LogP contribution in [0, 0.1) is 25.2 Å². The minimum Gasteiger partial charge on any atom is -0.380 e. The number of methoxy groups -OCH3 is 1. The van der Waals surface area contributed by atoms with Crippen molar-refractivity contribution in [3.63, 3.8) is 0 Å². The van der Waals surface area contributed by atoms with E-state index in [4.69, 9.17) is 9.72 Å². The third kappa shape index (κ3) is 4.17. The molecule has 2 aromatic heterocycles. The summed E-state index contributed by atoms with van der Waals surface area (Å²) in [5.74, 6) is 0.699. The summed E-state index contributed by atoms with van der Waals surface area (Å²) in [6.07, 6.45) is 4.35. The van der Waals surface area contributed by atoms with Crippen molar-refractivity contribution in [1.29, 1.82) is 5.26 Å². The van der Waals surface area contributed by atoms with Crippen molar-refractivity contribution in [2.24, 2.45) is 0 Å². The van der Waals surface area contributed by atoms with Gasteiger partial charge in [-0.25, -0.2) is 0 Å². The second-order valence-electron chi connectivity index (χ2n) is 8.17. The summed E-state index contributed by atoms with van der Waals surface area (Å²) in [4.78, 5) is 7.05. The highest BCUT2D eigenvalue weighted by molar-refractivity contribution is 5.92. The van der Waals surface area contributed by atoms with Crippen molar-refractivity contribution < 1.29 is 4.74 Å². The number of aryl methyl sites for hydroxylation is 1. The lowest BCUT2D eigenvalue weighted by Crippen LogP contribution is -2.39. The second-order valence-corrected chi connectivity index (χ2v) is 8.17. The zero-order chi connectivity index (χ0) is 22.0. The maximum absolute atomic E-state index is 9.36. The third-order valence-electron chi connectivity index (χ3n) is 6.16. The molecule has 3 aromatic rings. The largest absolute Gasteiger partial charge is 0.380 e. The minimum absolute atomic E-state index is 0.0370. The highest BCUT2D eigenvalue weighted by Gasteiger charge is 2.21. The number of piperidine rings is 1. The Bertz CT molecular complexity index is 1140. The number of rotatable bonds is 5. The molecule has 1 saturated heterocycles. The van der Waals surface area contributed by atoms with Crippen molar-refractivity contribution in [3.8, 4) is 6.07 Å². The number of fused-ring (bicyclic) bond motifs is 1. The Morgan fingerprint density at radius 1 is 1.29 bits per heavy atom. The van der Waals surface area contributed by atoms with Crippen molar-refractivity contribution >= 4 is 22.4 Å². The molecule has 0 radical (unpaired) electrons.